The number of benzene rings is 1. The Kier molecular flexibility index (Phi) is 4.58. The molecule has 0 saturated carbocycles. The van der Waals surface area contributed by atoms with Gasteiger partial charge in [0.2, 0.25) is 0 Å². The minimum absolute atomic E-state index is 0.146. The zero-order valence-electron chi connectivity index (χ0n) is 11.1. The Morgan fingerprint density at radius 2 is 2.06 bits per heavy atom. The van der Waals surface area contributed by atoms with Crippen molar-refractivity contribution >= 4 is 0 Å². The van der Waals surface area contributed by atoms with Crippen molar-refractivity contribution in [2.45, 2.75) is 18.6 Å². The summed E-state index contributed by atoms with van der Waals surface area (Å²) in [5, 5.41) is 3.43. The van der Waals surface area contributed by atoms with Crippen LogP contribution in [0.4, 0.5) is 0 Å². The monoisotopic (exact) mass is 251 g/mol. The lowest BCUT2D eigenvalue weighted by Crippen LogP contribution is -2.42. The lowest BCUT2D eigenvalue weighted by Gasteiger charge is -2.26. The molecule has 100 valence electrons. The van der Waals surface area contributed by atoms with E-state index in [0.717, 1.165) is 31.9 Å². The molecular formula is C14H21NO3. The van der Waals surface area contributed by atoms with Crippen LogP contribution in [-0.2, 0) is 16.0 Å². The molecule has 1 aromatic carbocycles. The largest absolute Gasteiger partial charge is 0.497 e. The van der Waals surface area contributed by atoms with E-state index in [0.29, 0.717) is 6.61 Å². The molecule has 2 rings (SSSR count). The maximum atomic E-state index is 5.57. The van der Waals surface area contributed by atoms with Crippen LogP contribution in [0.2, 0.25) is 0 Å². The summed E-state index contributed by atoms with van der Waals surface area (Å²) in [5.74, 6) is 0.885. The van der Waals surface area contributed by atoms with Crippen LogP contribution < -0.4 is 10.1 Å². The van der Waals surface area contributed by atoms with Gasteiger partial charge in [0.15, 0.2) is 0 Å². The highest BCUT2D eigenvalue weighted by molar-refractivity contribution is 5.27. The standard InChI is InChI=1S/C14H21NO3/c1-16-13-5-3-12(4-6-13)9-15-10-14(17-2)7-8-18-11-14/h3-6,15H,7-11H2,1-2H3. The van der Waals surface area contributed by atoms with Crippen LogP contribution in [0.15, 0.2) is 24.3 Å². The number of nitrogens with one attached hydrogen (secondary N) is 1. The second-order valence-corrected chi connectivity index (χ2v) is 4.64. The van der Waals surface area contributed by atoms with Gasteiger partial charge in [-0.1, -0.05) is 12.1 Å². The van der Waals surface area contributed by atoms with Crippen LogP contribution in [0, 0.1) is 0 Å². The molecule has 18 heavy (non-hydrogen) atoms. The van der Waals surface area contributed by atoms with Crippen LogP contribution >= 0.6 is 0 Å². The number of hydrogen-bond donors (Lipinski definition) is 1. The molecule has 0 aromatic heterocycles. The van der Waals surface area contributed by atoms with E-state index in [1.54, 1.807) is 14.2 Å². The zero-order valence-corrected chi connectivity index (χ0v) is 11.1. The zero-order chi connectivity index (χ0) is 12.8. The van der Waals surface area contributed by atoms with Gasteiger partial charge in [-0.15, -0.1) is 0 Å². The van der Waals surface area contributed by atoms with Gasteiger partial charge in [0.1, 0.15) is 11.4 Å². The summed E-state index contributed by atoms with van der Waals surface area (Å²) in [5.41, 5.74) is 1.09. The number of rotatable bonds is 6. The Morgan fingerprint density at radius 3 is 2.61 bits per heavy atom. The van der Waals surface area contributed by atoms with Crippen LogP contribution in [0.25, 0.3) is 0 Å². The van der Waals surface area contributed by atoms with Gasteiger partial charge in [-0.3, -0.25) is 0 Å². The highest BCUT2D eigenvalue weighted by Gasteiger charge is 2.34. The van der Waals surface area contributed by atoms with Crippen molar-refractivity contribution < 1.29 is 14.2 Å². The van der Waals surface area contributed by atoms with Crippen molar-refractivity contribution in [2.75, 3.05) is 34.0 Å². The number of hydrogen-bond acceptors (Lipinski definition) is 4. The van der Waals surface area contributed by atoms with E-state index in [4.69, 9.17) is 14.2 Å². The quantitative estimate of drug-likeness (QED) is 0.833. The summed E-state index contributed by atoms with van der Waals surface area (Å²) in [6.45, 7) is 3.11. The van der Waals surface area contributed by atoms with E-state index < -0.39 is 0 Å². The third kappa shape index (κ3) is 3.22. The second-order valence-electron chi connectivity index (χ2n) is 4.64. The van der Waals surface area contributed by atoms with E-state index in [-0.39, 0.29) is 5.60 Å². The van der Waals surface area contributed by atoms with Crippen molar-refractivity contribution in [1.29, 1.82) is 0 Å². The molecule has 1 aliphatic rings. The molecule has 0 spiro atoms. The highest BCUT2D eigenvalue weighted by atomic mass is 16.5. The molecule has 4 nitrogen and oxygen atoms in total. The predicted octanol–water partition coefficient (Wildman–Crippen LogP) is 1.59. The van der Waals surface area contributed by atoms with Crippen LogP contribution in [0.1, 0.15) is 12.0 Å². The summed E-state index contributed by atoms with van der Waals surface area (Å²) in [7, 11) is 3.43. The third-order valence-corrected chi connectivity index (χ3v) is 3.44. The van der Waals surface area contributed by atoms with Crippen molar-refractivity contribution in [1.82, 2.24) is 5.32 Å². The molecule has 0 amide bonds. The minimum Gasteiger partial charge on any atom is -0.497 e. The molecule has 0 bridgehead atoms. The number of methoxy groups -OCH3 is 2. The normalized spacial score (nSPS) is 23.2. The fourth-order valence-electron chi connectivity index (χ4n) is 2.14. The Labute approximate surface area is 108 Å². The average molecular weight is 251 g/mol. The Balaban J connectivity index is 1.80. The van der Waals surface area contributed by atoms with Gasteiger partial charge in [0.05, 0.1) is 13.7 Å². The molecule has 1 aromatic rings. The highest BCUT2D eigenvalue weighted by Crippen LogP contribution is 2.21. The SMILES string of the molecule is COc1ccc(CNCC2(OC)CCOC2)cc1. The molecule has 1 aliphatic heterocycles. The van der Waals surface area contributed by atoms with E-state index in [1.165, 1.54) is 5.56 Å². The van der Waals surface area contributed by atoms with Crippen molar-refractivity contribution in [3.63, 3.8) is 0 Å². The van der Waals surface area contributed by atoms with Gasteiger partial charge in [-0.05, 0) is 17.7 Å². The van der Waals surface area contributed by atoms with Crippen LogP contribution in [-0.4, -0.2) is 39.6 Å². The molecular weight excluding hydrogens is 230 g/mol. The average Bonchev–Trinajstić information content (AvgIpc) is 2.89. The topological polar surface area (TPSA) is 39.7 Å². The van der Waals surface area contributed by atoms with Crippen molar-refractivity contribution in [3.8, 4) is 5.75 Å². The molecule has 1 atom stereocenters. The summed E-state index contributed by atoms with van der Waals surface area (Å²) in [6, 6.07) is 8.08. The minimum atomic E-state index is -0.146. The molecule has 1 unspecified atom stereocenters. The summed E-state index contributed by atoms with van der Waals surface area (Å²) < 4.78 is 16.1. The van der Waals surface area contributed by atoms with E-state index in [1.807, 2.05) is 12.1 Å². The van der Waals surface area contributed by atoms with Crippen LogP contribution in [0.5, 0.6) is 5.75 Å². The molecule has 1 saturated heterocycles. The molecule has 4 heteroatoms. The summed E-state index contributed by atoms with van der Waals surface area (Å²) in [4.78, 5) is 0. The van der Waals surface area contributed by atoms with E-state index >= 15 is 0 Å². The predicted molar refractivity (Wildman–Crippen MR) is 69.9 cm³/mol. The van der Waals surface area contributed by atoms with Gasteiger partial charge in [0.25, 0.3) is 0 Å². The Hall–Kier alpha value is -1.10. The summed E-state index contributed by atoms with van der Waals surface area (Å²) in [6.07, 6.45) is 0.957. The van der Waals surface area contributed by atoms with E-state index in [9.17, 15) is 0 Å². The third-order valence-electron chi connectivity index (χ3n) is 3.44. The van der Waals surface area contributed by atoms with Gasteiger partial charge in [0, 0.05) is 33.2 Å². The van der Waals surface area contributed by atoms with E-state index in [2.05, 4.69) is 17.4 Å². The Bertz CT molecular complexity index is 358. The first-order valence-corrected chi connectivity index (χ1v) is 6.24. The lowest BCUT2D eigenvalue weighted by molar-refractivity contribution is -0.0159. The molecule has 1 fully saturated rings. The Morgan fingerprint density at radius 1 is 1.28 bits per heavy atom. The van der Waals surface area contributed by atoms with Crippen molar-refractivity contribution in [3.05, 3.63) is 29.8 Å². The number of ether oxygens (including phenoxy) is 3. The van der Waals surface area contributed by atoms with Gasteiger partial charge < -0.3 is 19.5 Å². The van der Waals surface area contributed by atoms with Gasteiger partial charge in [-0.25, -0.2) is 0 Å². The molecule has 1 N–H and O–H groups in total. The fraction of sp³-hybridized carbons (Fsp3) is 0.571. The molecule has 1 heterocycles. The smallest absolute Gasteiger partial charge is 0.118 e. The summed E-state index contributed by atoms with van der Waals surface area (Å²) >= 11 is 0. The van der Waals surface area contributed by atoms with Crippen molar-refractivity contribution in [2.24, 2.45) is 0 Å². The molecule has 0 radical (unpaired) electrons. The fourth-order valence-corrected chi connectivity index (χ4v) is 2.14. The first kappa shape index (κ1) is 13.3. The maximum Gasteiger partial charge on any atom is 0.118 e. The van der Waals surface area contributed by atoms with Gasteiger partial charge in [-0.2, -0.15) is 0 Å². The second kappa shape index (κ2) is 6.18. The van der Waals surface area contributed by atoms with Gasteiger partial charge >= 0.3 is 0 Å². The molecule has 0 aliphatic carbocycles. The first-order chi connectivity index (χ1) is 8.78. The van der Waals surface area contributed by atoms with Crippen LogP contribution in [0.3, 0.4) is 0 Å². The lowest BCUT2D eigenvalue weighted by atomic mass is 10.0. The maximum absolute atomic E-state index is 5.57. The first-order valence-electron chi connectivity index (χ1n) is 6.24.